The zero-order valence-corrected chi connectivity index (χ0v) is 8.78. The molecule has 1 rings (SSSR count). The van der Waals surface area contributed by atoms with Crippen LogP contribution in [0.1, 0.15) is 19.8 Å². The summed E-state index contributed by atoms with van der Waals surface area (Å²) < 4.78 is 9.89. The van der Waals surface area contributed by atoms with E-state index in [9.17, 15) is 9.59 Å². The molecular formula is C9H15NO5. The van der Waals surface area contributed by atoms with Crippen molar-refractivity contribution in [3.05, 3.63) is 0 Å². The van der Waals surface area contributed by atoms with Crippen molar-refractivity contribution in [2.24, 2.45) is 0 Å². The number of methoxy groups -OCH3 is 1. The van der Waals surface area contributed by atoms with Crippen molar-refractivity contribution in [3.8, 4) is 0 Å². The van der Waals surface area contributed by atoms with Crippen LogP contribution in [0.3, 0.4) is 0 Å². The van der Waals surface area contributed by atoms with E-state index in [-0.39, 0.29) is 12.7 Å². The summed E-state index contributed by atoms with van der Waals surface area (Å²) >= 11 is 0. The number of aliphatic carboxylic acids is 1. The minimum atomic E-state index is -1.27. The molecule has 0 bridgehead atoms. The van der Waals surface area contributed by atoms with Crippen LogP contribution in [0.2, 0.25) is 0 Å². The number of carboxylic acid groups (broad SMARTS) is 1. The van der Waals surface area contributed by atoms with Crippen LogP contribution in [-0.2, 0) is 19.1 Å². The van der Waals surface area contributed by atoms with Crippen LogP contribution in [0.5, 0.6) is 0 Å². The lowest BCUT2D eigenvalue weighted by Crippen LogP contribution is -2.68. The minimum Gasteiger partial charge on any atom is -0.479 e. The number of amides is 1. The Balaban J connectivity index is 2.65. The maximum absolute atomic E-state index is 11.1. The van der Waals surface area contributed by atoms with E-state index in [0.29, 0.717) is 12.8 Å². The fourth-order valence-corrected chi connectivity index (χ4v) is 1.68. The van der Waals surface area contributed by atoms with Crippen molar-refractivity contribution in [1.82, 2.24) is 5.32 Å². The van der Waals surface area contributed by atoms with Gasteiger partial charge in [-0.3, -0.25) is 4.79 Å². The highest BCUT2D eigenvalue weighted by Gasteiger charge is 2.55. The molecule has 1 aliphatic rings. The fourth-order valence-electron chi connectivity index (χ4n) is 1.68. The van der Waals surface area contributed by atoms with Crippen LogP contribution < -0.4 is 5.32 Å². The number of carbonyl (C=O) groups excluding carboxylic acids is 1. The molecule has 0 heterocycles. The topological polar surface area (TPSA) is 84.9 Å². The molecule has 86 valence electrons. The van der Waals surface area contributed by atoms with Crippen molar-refractivity contribution < 1.29 is 24.2 Å². The third-order valence-electron chi connectivity index (χ3n) is 2.52. The second kappa shape index (κ2) is 4.59. The Labute approximate surface area is 87.5 Å². The first kappa shape index (κ1) is 11.9. The first-order valence-electron chi connectivity index (χ1n) is 4.65. The molecule has 1 saturated carbocycles. The minimum absolute atomic E-state index is 0.0271. The maximum atomic E-state index is 11.1. The third kappa shape index (κ3) is 2.27. The van der Waals surface area contributed by atoms with Gasteiger partial charge in [-0.25, -0.2) is 4.79 Å². The van der Waals surface area contributed by atoms with Crippen molar-refractivity contribution in [1.29, 1.82) is 0 Å². The van der Waals surface area contributed by atoms with Gasteiger partial charge in [0.1, 0.15) is 6.79 Å². The molecule has 1 amide bonds. The molecule has 0 aromatic rings. The fraction of sp³-hybridized carbons (Fsp3) is 0.778. The van der Waals surface area contributed by atoms with Crippen molar-refractivity contribution in [2.45, 2.75) is 31.4 Å². The van der Waals surface area contributed by atoms with E-state index >= 15 is 0 Å². The monoisotopic (exact) mass is 217 g/mol. The SMILES string of the molecule is COCO[C@H]1CC[C@]1(NC(C)=O)C(=O)O. The number of nitrogens with one attached hydrogen (secondary N) is 1. The summed E-state index contributed by atoms with van der Waals surface area (Å²) in [5.74, 6) is -1.44. The molecule has 0 aromatic heterocycles. The van der Waals surface area contributed by atoms with Gasteiger partial charge >= 0.3 is 5.97 Å². The van der Waals surface area contributed by atoms with Crippen LogP contribution in [0, 0.1) is 0 Å². The van der Waals surface area contributed by atoms with Gasteiger partial charge in [-0.05, 0) is 12.8 Å². The first-order valence-corrected chi connectivity index (χ1v) is 4.65. The summed E-state index contributed by atoms with van der Waals surface area (Å²) in [4.78, 5) is 22.0. The van der Waals surface area contributed by atoms with Gasteiger partial charge in [0.2, 0.25) is 5.91 Å². The van der Waals surface area contributed by atoms with Crippen molar-refractivity contribution in [2.75, 3.05) is 13.9 Å². The van der Waals surface area contributed by atoms with Gasteiger partial charge in [0.15, 0.2) is 5.54 Å². The number of hydrogen-bond donors (Lipinski definition) is 2. The Morgan fingerprint density at radius 1 is 1.60 bits per heavy atom. The number of ether oxygens (including phenoxy) is 2. The second-order valence-corrected chi connectivity index (χ2v) is 3.56. The summed E-state index contributed by atoms with van der Waals surface area (Å²) in [5, 5.41) is 11.5. The standard InChI is InChI=1S/C9H15NO5/c1-6(11)10-9(8(12)13)4-3-7(9)15-5-14-2/h7H,3-5H2,1-2H3,(H,10,11)(H,12,13)/t7-,9+/m0/s1. The summed E-state index contributed by atoms with van der Waals surface area (Å²) in [5.41, 5.74) is -1.27. The number of hydrogen-bond acceptors (Lipinski definition) is 4. The van der Waals surface area contributed by atoms with Gasteiger partial charge in [0.05, 0.1) is 6.10 Å². The second-order valence-electron chi connectivity index (χ2n) is 3.56. The zero-order valence-electron chi connectivity index (χ0n) is 8.78. The largest absolute Gasteiger partial charge is 0.479 e. The Morgan fingerprint density at radius 3 is 2.60 bits per heavy atom. The van der Waals surface area contributed by atoms with E-state index in [1.807, 2.05) is 0 Å². The Morgan fingerprint density at radius 2 is 2.27 bits per heavy atom. The van der Waals surface area contributed by atoms with E-state index in [1.54, 1.807) is 0 Å². The summed E-state index contributed by atoms with van der Waals surface area (Å²) in [6.07, 6.45) is 0.477. The molecule has 1 aliphatic carbocycles. The smallest absolute Gasteiger partial charge is 0.332 e. The highest BCUT2D eigenvalue weighted by Crippen LogP contribution is 2.35. The van der Waals surface area contributed by atoms with Gasteiger partial charge in [-0.1, -0.05) is 0 Å². The van der Waals surface area contributed by atoms with Crippen molar-refractivity contribution >= 4 is 11.9 Å². The van der Waals surface area contributed by atoms with E-state index < -0.39 is 17.6 Å². The van der Waals surface area contributed by atoms with E-state index in [4.69, 9.17) is 14.6 Å². The van der Waals surface area contributed by atoms with Gasteiger partial charge in [0, 0.05) is 14.0 Å². The van der Waals surface area contributed by atoms with Crippen LogP contribution in [0.4, 0.5) is 0 Å². The molecule has 2 N–H and O–H groups in total. The van der Waals surface area contributed by atoms with Gasteiger partial charge < -0.3 is 19.9 Å². The van der Waals surface area contributed by atoms with Crippen molar-refractivity contribution in [3.63, 3.8) is 0 Å². The molecule has 0 saturated heterocycles. The number of carbonyl (C=O) groups is 2. The average molecular weight is 217 g/mol. The highest BCUT2D eigenvalue weighted by molar-refractivity contribution is 5.87. The highest BCUT2D eigenvalue weighted by atomic mass is 16.7. The predicted octanol–water partition coefficient (Wildman–Crippen LogP) is -0.271. The summed E-state index contributed by atoms with van der Waals surface area (Å²) in [7, 11) is 1.46. The molecule has 15 heavy (non-hydrogen) atoms. The zero-order chi connectivity index (χ0) is 11.5. The molecule has 0 spiro atoms. The molecule has 1 fully saturated rings. The first-order chi connectivity index (χ1) is 7.03. The quantitative estimate of drug-likeness (QED) is 0.619. The summed E-state index contributed by atoms with van der Waals surface area (Å²) in [6, 6.07) is 0. The number of rotatable bonds is 5. The normalized spacial score (nSPS) is 29.3. The van der Waals surface area contributed by atoms with E-state index in [0.717, 1.165) is 0 Å². The summed E-state index contributed by atoms with van der Waals surface area (Å²) in [6.45, 7) is 1.32. The van der Waals surface area contributed by atoms with Crippen LogP contribution in [0.25, 0.3) is 0 Å². The van der Waals surface area contributed by atoms with E-state index in [1.165, 1.54) is 14.0 Å². The van der Waals surface area contributed by atoms with Crippen LogP contribution in [-0.4, -0.2) is 42.5 Å². The average Bonchev–Trinajstić information content (AvgIpc) is 2.12. The van der Waals surface area contributed by atoms with Gasteiger partial charge in [0.25, 0.3) is 0 Å². The molecular weight excluding hydrogens is 202 g/mol. The molecule has 2 atom stereocenters. The third-order valence-corrected chi connectivity index (χ3v) is 2.52. The lowest BCUT2D eigenvalue weighted by atomic mass is 9.73. The van der Waals surface area contributed by atoms with E-state index in [2.05, 4.69) is 5.32 Å². The predicted molar refractivity (Wildman–Crippen MR) is 50.2 cm³/mol. The molecule has 0 aliphatic heterocycles. The molecule has 0 aromatic carbocycles. The lowest BCUT2D eigenvalue weighted by Gasteiger charge is -2.45. The van der Waals surface area contributed by atoms with Crippen LogP contribution in [0.15, 0.2) is 0 Å². The Bertz CT molecular complexity index is 267. The molecule has 0 unspecified atom stereocenters. The lowest BCUT2D eigenvalue weighted by molar-refractivity contribution is -0.179. The molecule has 0 radical (unpaired) electrons. The Kier molecular flexibility index (Phi) is 3.65. The Hall–Kier alpha value is -1.14. The molecule has 6 nitrogen and oxygen atoms in total. The van der Waals surface area contributed by atoms with Gasteiger partial charge in [-0.2, -0.15) is 0 Å². The maximum Gasteiger partial charge on any atom is 0.332 e. The van der Waals surface area contributed by atoms with Crippen LogP contribution >= 0.6 is 0 Å². The number of carboxylic acids is 1. The van der Waals surface area contributed by atoms with Gasteiger partial charge in [-0.15, -0.1) is 0 Å². The molecule has 6 heteroatoms.